The molecule has 0 aromatic heterocycles. The summed E-state index contributed by atoms with van der Waals surface area (Å²) in [6.45, 7) is 17.5. The van der Waals surface area contributed by atoms with Gasteiger partial charge in [-0.25, -0.2) is 0 Å². The summed E-state index contributed by atoms with van der Waals surface area (Å²) in [5, 5.41) is 0. The van der Waals surface area contributed by atoms with Crippen molar-refractivity contribution < 1.29 is 0 Å². The smallest absolute Gasteiger partial charge is 0.00187 e. The van der Waals surface area contributed by atoms with Crippen LogP contribution in [-0.2, 0) is 0 Å². The van der Waals surface area contributed by atoms with E-state index in [4.69, 9.17) is 0 Å². The van der Waals surface area contributed by atoms with Gasteiger partial charge in [-0.2, -0.15) is 0 Å². The molecule has 0 saturated heterocycles. The molecule has 2 nitrogen and oxygen atoms in total. The standard InChI is InChI=1S/C64H132N2/c1-5-9-13-17-21-25-29-33-37-41-47-53-59-65(60-54-48-42-38-34-30-26-22-18-14-10-6-2)63-57-51-45-46-52-58-64-66(61-55-49-43-39-35-31-27-23-19-15-11-7-3)62-56-50-44-40-36-32-28-24-20-16-12-8-4/h5-64H2,1-4H3. The van der Waals surface area contributed by atoms with Crippen molar-refractivity contribution in [2.75, 3.05) is 39.3 Å². The molecule has 0 heterocycles. The molecule has 66 heavy (non-hydrogen) atoms. The molecule has 0 saturated carbocycles. The molecule has 0 aromatic carbocycles. The number of rotatable bonds is 61. The molecular weight excluding hydrogens is 797 g/mol. The van der Waals surface area contributed by atoms with Crippen LogP contribution in [0.3, 0.4) is 0 Å². The second-order valence-corrected chi connectivity index (χ2v) is 22.4. The molecule has 0 aliphatic rings. The van der Waals surface area contributed by atoms with Gasteiger partial charge < -0.3 is 9.80 Å². The lowest BCUT2D eigenvalue weighted by Crippen LogP contribution is -2.27. The van der Waals surface area contributed by atoms with Crippen LogP contribution in [0.1, 0.15) is 374 Å². The minimum atomic E-state index is 1.36. The second kappa shape index (κ2) is 61.0. The molecule has 0 N–H and O–H groups in total. The molecule has 0 unspecified atom stereocenters. The molecular formula is C64H132N2. The molecule has 0 bridgehead atoms. The number of nitrogens with zero attached hydrogens (tertiary/aromatic N) is 2. The van der Waals surface area contributed by atoms with E-state index in [1.807, 2.05) is 0 Å². The van der Waals surface area contributed by atoms with Crippen LogP contribution in [0.25, 0.3) is 0 Å². The van der Waals surface area contributed by atoms with E-state index in [0.29, 0.717) is 0 Å². The van der Waals surface area contributed by atoms with Gasteiger partial charge in [-0.3, -0.25) is 0 Å². The van der Waals surface area contributed by atoms with Gasteiger partial charge in [0.1, 0.15) is 0 Å². The van der Waals surface area contributed by atoms with E-state index in [-0.39, 0.29) is 0 Å². The van der Waals surface area contributed by atoms with Crippen LogP contribution in [0.2, 0.25) is 0 Å². The van der Waals surface area contributed by atoms with Crippen LogP contribution in [0.5, 0.6) is 0 Å². The van der Waals surface area contributed by atoms with Gasteiger partial charge in [-0.15, -0.1) is 0 Å². The van der Waals surface area contributed by atoms with Gasteiger partial charge in [0.15, 0.2) is 0 Å². The minimum Gasteiger partial charge on any atom is -0.303 e. The third-order valence-electron chi connectivity index (χ3n) is 15.5. The zero-order valence-electron chi connectivity index (χ0n) is 47.3. The highest BCUT2D eigenvalue weighted by Gasteiger charge is 2.08. The van der Waals surface area contributed by atoms with E-state index in [9.17, 15) is 0 Å². The Labute approximate surface area is 421 Å². The SMILES string of the molecule is CCCCCCCCCCCCCCN(CCCCCCCCCCCCCC)CCCCCCCCN(CCCCCCCCCCCCCC)CCCCCCCCCCCCCC. The van der Waals surface area contributed by atoms with Crippen molar-refractivity contribution in [1.29, 1.82) is 0 Å². The molecule has 0 aromatic rings. The zero-order valence-corrected chi connectivity index (χ0v) is 47.3. The van der Waals surface area contributed by atoms with Gasteiger partial charge in [0.25, 0.3) is 0 Å². The van der Waals surface area contributed by atoms with E-state index < -0.39 is 0 Å². The predicted octanol–water partition coefficient (Wildman–Crippen LogP) is 22.7. The van der Waals surface area contributed by atoms with Crippen LogP contribution < -0.4 is 0 Å². The summed E-state index contributed by atoms with van der Waals surface area (Å²) >= 11 is 0. The minimum absolute atomic E-state index is 1.36. The first-order valence-electron chi connectivity index (χ1n) is 32.2. The van der Waals surface area contributed by atoms with Crippen LogP contribution in [0.15, 0.2) is 0 Å². The highest BCUT2D eigenvalue weighted by atomic mass is 15.1. The molecule has 0 atom stereocenters. The summed E-state index contributed by atoms with van der Waals surface area (Å²) in [7, 11) is 0. The monoisotopic (exact) mass is 929 g/mol. The lowest BCUT2D eigenvalue weighted by atomic mass is 10.0. The molecule has 0 rings (SSSR count). The summed E-state index contributed by atoms with van der Waals surface area (Å²) < 4.78 is 0. The Bertz CT molecular complexity index is 689. The van der Waals surface area contributed by atoms with Crippen molar-refractivity contribution in [3.8, 4) is 0 Å². The highest BCUT2D eigenvalue weighted by Crippen LogP contribution is 2.18. The molecule has 0 spiro atoms. The molecule has 0 fully saturated rings. The summed E-state index contributed by atoms with van der Waals surface area (Å²) in [6.07, 6.45) is 78.7. The number of hydrogen-bond donors (Lipinski definition) is 0. The highest BCUT2D eigenvalue weighted by molar-refractivity contribution is 4.63. The van der Waals surface area contributed by atoms with E-state index in [1.54, 1.807) is 0 Å². The Balaban J connectivity index is 4.47. The van der Waals surface area contributed by atoms with E-state index in [1.165, 1.54) is 386 Å². The van der Waals surface area contributed by atoms with Gasteiger partial charge >= 0.3 is 0 Å². The van der Waals surface area contributed by atoms with Crippen molar-refractivity contribution in [2.24, 2.45) is 0 Å². The summed E-state index contributed by atoms with van der Waals surface area (Å²) in [4.78, 5) is 5.80. The normalized spacial score (nSPS) is 11.9. The fraction of sp³-hybridized carbons (Fsp3) is 1.00. The van der Waals surface area contributed by atoms with Crippen LogP contribution in [0, 0.1) is 0 Å². The van der Waals surface area contributed by atoms with Gasteiger partial charge in [-0.1, -0.05) is 336 Å². The van der Waals surface area contributed by atoms with Crippen molar-refractivity contribution in [2.45, 2.75) is 374 Å². The Morgan fingerprint density at radius 1 is 0.121 bits per heavy atom. The third-order valence-corrected chi connectivity index (χ3v) is 15.5. The second-order valence-electron chi connectivity index (χ2n) is 22.4. The van der Waals surface area contributed by atoms with Gasteiger partial charge in [0, 0.05) is 0 Å². The molecule has 0 radical (unpaired) electrons. The fourth-order valence-corrected chi connectivity index (χ4v) is 10.8. The number of unbranched alkanes of at least 4 members (excludes halogenated alkanes) is 49. The Morgan fingerprint density at radius 2 is 0.212 bits per heavy atom. The molecule has 2 heteroatoms. The Morgan fingerprint density at radius 3 is 0.318 bits per heavy atom. The maximum absolute atomic E-state index is 2.90. The average molecular weight is 930 g/mol. The van der Waals surface area contributed by atoms with E-state index in [2.05, 4.69) is 37.5 Å². The Hall–Kier alpha value is -0.0800. The lowest BCUT2D eigenvalue weighted by molar-refractivity contribution is 0.250. The molecule has 0 amide bonds. The molecule has 0 aliphatic carbocycles. The summed E-state index contributed by atoms with van der Waals surface area (Å²) in [6, 6.07) is 0. The van der Waals surface area contributed by atoms with Gasteiger partial charge in [-0.05, 0) is 77.8 Å². The molecule has 0 aliphatic heterocycles. The van der Waals surface area contributed by atoms with Crippen molar-refractivity contribution in [3.05, 3.63) is 0 Å². The summed E-state index contributed by atoms with van der Waals surface area (Å²) in [5.41, 5.74) is 0. The van der Waals surface area contributed by atoms with Crippen LogP contribution in [0.4, 0.5) is 0 Å². The largest absolute Gasteiger partial charge is 0.303 e. The quantitative estimate of drug-likeness (QED) is 0.0561. The van der Waals surface area contributed by atoms with Gasteiger partial charge in [0.2, 0.25) is 0 Å². The first-order chi connectivity index (χ1) is 32.8. The van der Waals surface area contributed by atoms with E-state index >= 15 is 0 Å². The van der Waals surface area contributed by atoms with Crippen molar-refractivity contribution in [3.63, 3.8) is 0 Å². The van der Waals surface area contributed by atoms with Gasteiger partial charge in [0.05, 0.1) is 0 Å². The fourth-order valence-electron chi connectivity index (χ4n) is 10.8. The zero-order chi connectivity index (χ0) is 47.6. The molecule has 398 valence electrons. The first kappa shape index (κ1) is 65.9. The van der Waals surface area contributed by atoms with E-state index in [0.717, 1.165) is 0 Å². The number of hydrogen-bond acceptors (Lipinski definition) is 2. The average Bonchev–Trinajstić information content (AvgIpc) is 3.33. The Kier molecular flexibility index (Phi) is 61.0. The maximum Gasteiger partial charge on any atom is -0.00187 e. The van der Waals surface area contributed by atoms with Crippen LogP contribution >= 0.6 is 0 Å². The third kappa shape index (κ3) is 56.5. The predicted molar refractivity (Wildman–Crippen MR) is 305 cm³/mol. The maximum atomic E-state index is 2.90. The topological polar surface area (TPSA) is 6.48 Å². The lowest BCUT2D eigenvalue weighted by Gasteiger charge is -2.23. The first-order valence-corrected chi connectivity index (χ1v) is 32.2. The van der Waals surface area contributed by atoms with Crippen LogP contribution in [-0.4, -0.2) is 49.1 Å². The van der Waals surface area contributed by atoms with Crippen molar-refractivity contribution >= 4 is 0 Å². The van der Waals surface area contributed by atoms with Crippen molar-refractivity contribution in [1.82, 2.24) is 9.80 Å². The summed E-state index contributed by atoms with van der Waals surface area (Å²) in [5.74, 6) is 0.